The molecule has 0 unspecified atom stereocenters. The van der Waals surface area contributed by atoms with Gasteiger partial charge in [-0.2, -0.15) is 23.4 Å². The van der Waals surface area contributed by atoms with Gasteiger partial charge in [-0.05, 0) is 11.6 Å². The predicted molar refractivity (Wildman–Crippen MR) is 51.1 cm³/mol. The van der Waals surface area contributed by atoms with Crippen molar-refractivity contribution < 1.29 is 13.2 Å². The Morgan fingerprint density at radius 2 is 2.19 bits per heavy atom. The first-order valence-electron chi connectivity index (χ1n) is 4.04. The zero-order valence-corrected chi connectivity index (χ0v) is 8.84. The Kier molecular flexibility index (Phi) is 3.55. The molecule has 0 amide bonds. The van der Waals surface area contributed by atoms with E-state index in [1.54, 1.807) is 6.07 Å². The van der Waals surface area contributed by atoms with Gasteiger partial charge in [0.1, 0.15) is 18.2 Å². The molecule has 0 N–H and O–H groups in total. The minimum Gasteiger partial charge on any atom is -0.349 e. The van der Waals surface area contributed by atoms with Crippen LogP contribution in [0.3, 0.4) is 0 Å². The van der Waals surface area contributed by atoms with Crippen LogP contribution in [-0.4, -0.2) is 29.7 Å². The van der Waals surface area contributed by atoms with Crippen molar-refractivity contribution in [2.45, 2.75) is 6.18 Å². The summed E-state index contributed by atoms with van der Waals surface area (Å²) >= 11 is 5.45. The van der Waals surface area contributed by atoms with Crippen molar-refractivity contribution >= 4 is 17.4 Å². The monoisotopic (exact) mass is 250 g/mol. The molecule has 1 heterocycles. The SMILES string of the molecule is CN(CC(F)(F)F)c1nc(Cl)ncc1C#N. The summed E-state index contributed by atoms with van der Waals surface area (Å²) in [4.78, 5) is 7.90. The molecule has 86 valence electrons. The summed E-state index contributed by atoms with van der Waals surface area (Å²) in [5.74, 6) is -0.139. The number of halogens is 4. The number of nitriles is 1. The van der Waals surface area contributed by atoms with Gasteiger partial charge in [-0.15, -0.1) is 0 Å². The summed E-state index contributed by atoms with van der Waals surface area (Å²) in [6.07, 6.45) is -3.30. The van der Waals surface area contributed by atoms with Crippen LogP contribution in [0.4, 0.5) is 19.0 Å². The van der Waals surface area contributed by atoms with Crippen molar-refractivity contribution in [3.8, 4) is 6.07 Å². The Balaban J connectivity index is 3.03. The van der Waals surface area contributed by atoms with Gasteiger partial charge < -0.3 is 4.90 Å². The molecule has 0 aliphatic heterocycles. The second kappa shape index (κ2) is 4.53. The lowest BCUT2D eigenvalue weighted by atomic mass is 10.3. The molecule has 0 atom stereocenters. The molecule has 0 spiro atoms. The first kappa shape index (κ1) is 12.5. The molecule has 0 saturated heterocycles. The Bertz CT molecular complexity index is 426. The fraction of sp³-hybridized carbons (Fsp3) is 0.375. The van der Waals surface area contributed by atoms with Gasteiger partial charge in [0, 0.05) is 7.05 Å². The predicted octanol–water partition coefficient (Wildman–Crippen LogP) is 2.00. The van der Waals surface area contributed by atoms with Crippen molar-refractivity contribution in [3.05, 3.63) is 17.0 Å². The first-order valence-corrected chi connectivity index (χ1v) is 4.42. The maximum absolute atomic E-state index is 12.1. The van der Waals surface area contributed by atoms with Gasteiger partial charge in [0.05, 0.1) is 6.20 Å². The highest BCUT2D eigenvalue weighted by atomic mass is 35.5. The fourth-order valence-electron chi connectivity index (χ4n) is 1.07. The maximum atomic E-state index is 12.1. The first-order chi connectivity index (χ1) is 7.33. The molecule has 1 aromatic rings. The van der Waals surface area contributed by atoms with Crippen LogP contribution in [-0.2, 0) is 0 Å². The van der Waals surface area contributed by atoms with E-state index in [4.69, 9.17) is 16.9 Å². The molecule has 0 aliphatic rings. The molecular weight excluding hydrogens is 245 g/mol. The van der Waals surface area contributed by atoms with E-state index < -0.39 is 12.7 Å². The Hall–Kier alpha value is -1.55. The van der Waals surface area contributed by atoms with Crippen molar-refractivity contribution in [1.29, 1.82) is 5.26 Å². The molecule has 1 aromatic heterocycles. The van der Waals surface area contributed by atoms with E-state index in [0.717, 1.165) is 11.1 Å². The minimum absolute atomic E-state index is 0.0591. The molecule has 0 bridgehead atoms. The van der Waals surface area contributed by atoms with Crippen LogP contribution in [0.5, 0.6) is 0 Å². The highest BCUT2D eigenvalue weighted by Gasteiger charge is 2.30. The number of rotatable bonds is 2. The van der Waals surface area contributed by atoms with Crippen molar-refractivity contribution in [3.63, 3.8) is 0 Å². The smallest absolute Gasteiger partial charge is 0.349 e. The molecule has 0 radical (unpaired) electrons. The van der Waals surface area contributed by atoms with Gasteiger partial charge >= 0.3 is 6.18 Å². The summed E-state index contributed by atoms with van der Waals surface area (Å²) in [6, 6.07) is 1.70. The summed E-state index contributed by atoms with van der Waals surface area (Å²) in [7, 11) is 1.17. The summed E-state index contributed by atoms with van der Waals surface area (Å²) in [5.41, 5.74) is -0.0591. The molecule has 0 saturated carbocycles. The van der Waals surface area contributed by atoms with Gasteiger partial charge in [-0.1, -0.05) is 0 Å². The topological polar surface area (TPSA) is 52.8 Å². The van der Waals surface area contributed by atoms with Crippen LogP contribution in [0.2, 0.25) is 5.28 Å². The number of hydrogen-bond acceptors (Lipinski definition) is 4. The second-order valence-corrected chi connectivity index (χ2v) is 3.30. The Labute approximate surface area is 94.3 Å². The van der Waals surface area contributed by atoms with E-state index in [1.165, 1.54) is 7.05 Å². The standard InChI is InChI=1S/C8H6ClF3N4/c1-16(4-8(10,11)12)6-5(2-13)3-14-7(9)15-6/h3H,4H2,1H3. The van der Waals surface area contributed by atoms with Crippen molar-refractivity contribution in [2.75, 3.05) is 18.5 Å². The van der Waals surface area contributed by atoms with Gasteiger partial charge in [-0.3, -0.25) is 0 Å². The van der Waals surface area contributed by atoms with Crippen LogP contribution < -0.4 is 4.90 Å². The highest BCUT2D eigenvalue weighted by Crippen LogP contribution is 2.22. The fourth-order valence-corrected chi connectivity index (χ4v) is 1.19. The molecule has 4 nitrogen and oxygen atoms in total. The molecule has 8 heteroatoms. The zero-order valence-electron chi connectivity index (χ0n) is 8.09. The average Bonchev–Trinajstić information content (AvgIpc) is 2.15. The van der Waals surface area contributed by atoms with Crippen LogP contribution in [0.1, 0.15) is 5.56 Å². The number of aromatic nitrogens is 2. The van der Waals surface area contributed by atoms with Gasteiger partial charge in [-0.25, -0.2) is 4.98 Å². The van der Waals surface area contributed by atoms with E-state index in [2.05, 4.69) is 9.97 Å². The molecule has 0 aromatic carbocycles. The molecule has 0 aliphatic carbocycles. The number of anilines is 1. The summed E-state index contributed by atoms with van der Waals surface area (Å²) in [5, 5.41) is 8.47. The lowest BCUT2D eigenvalue weighted by molar-refractivity contribution is -0.119. The molecule has 1 rings (SSSR count). The quantitative estimate of drug-likeness (QED) is 0.754. The van der Waals surface area contributed by atoms with Crippen molar-refractivity contribution in [2.24, 2.45) is 0 Å². The van der Waals surface area contributed by atoms with Gasteiger partial charge in [0.25, 0.3) is 0 Å². The third-order valence-electron chi connectivity index (χ3n) is 1.64. The summed E-state index contributed by atoms with van der Waals surface area (Å²) in [6.45, 7) is -1.21. The minimum atomic E-state index is -4.38. The van der Waals surface area contributed by atoms with Crippen molar-refractivity contribution in [1.82, 2.24) is 9.97 Å². The van der Waals surface area contributed by atoms with Crippen LogP contribution in [0, 0.1) is 11.3 Å². The largest absolute Gasteiger partial charge is 0.405 e. The highest BCUT2D eigenvalue weighted by molar-refractivity contribution is 6.28. The zero-order chi connectivity index (χ0) is 12.3. The van der Waals surface area contributed by atoms with Gasteiger partial charge in [0.2, 0.25) is 5.28 Å². The Morgan fingerprint density at radius 3 is 2.69 bits per heavy atom. The number of hydrogen-bond donors (Lipinski definition) is 0. The molecule has 16 heavy (non-hydrogen) atoms. The van der Waals surface area contributed by atoms with Gasteiger partial charge in [0.15, 0.2) is 5.82 Å². The lowest BCUT2D eigenvalue weighted by Crippen LogP contribution is -2.32. The van der Waals surface area contributed by atoms with E-state index in [1.807, 2.05) is 0 Å². The van der Waals surface area contributed by atoms with E-state index >= 15 is 0 Å². The van der Waals surface area contributed by atoms with Crippen LogP contribution >= 0.6 is 11.6 Å². The molecular formula is C8H6ClF3N4. The maximum Gasteiger partial charge on any atom is 0.405 e. The lowest BCUT2D eigenvalue weighted by Gasteiger charge is -2.20. The van der Waals surface area contributed by atoms with E-state index in [9.17, 15) is 13.2 Å². The van der Waals surface area contributed by atoms with Crippen LogP contribution in [0.15, 0.2) is 6.20 Å². The second-order valence-electron chi connectivity index (χ2n) is 2.96. The third kappa shape index (κ3) is 3.24. The average molecular weight is 251 g/mol. The molecule has 0 fully saturated rings. The Morgan fingerprint density at radius 1 is 1.56 bits per heavy atom. The number of nitrogens with zero attached hydrogens (tertiary/aromatic N) is 4. The van der Waals surface area contributed by atoms with E-state index in [0.29, 0.717) is 0 Å². The van der Waals surface area contributed by atoms with Crippen LogP contribution in [0.25, 0.3) is 0 Å². The van der Waals surface area contributed by atoms with E-state index in [-0.39, 0.29) is 16.7 Å². The summed E-state index contributed by atoms with van der Waals surface area (Å²) < 4.78 is 36.4. The normalized spacial score (nSPS) is 11.0. The third-order valence-corrected chi connectivity index (χ3v) is 1.82. The number of alkyl halides is 3.